The molecular weight excluding hydrogens is 429 g/mol. The van der Waals surface area contributed by atoms with E-state index in [2.05, 4.69) is 61.5 Å². The Hall–Kier alpha value is -2.26. The number of nitrogens with zero attached hydrogens (tertiary/aromatic N) is 1. The van der Waals surface area contributed by atoms with Gasteiger partial charge in [-0.3, -0.25) is 9.55 Å². The Morgan fingerprint density at radius 1 is 0.758 bits per heavy atom. The number of pyridine rings is 1. The molecule has 4 nitrogen and oxygen atoms in total. The molecule has 0 spiro atoms. The van der Waals surface area contributed by atoms with E-state index >= 15 is 0 Å². The SMILES string of the molecule is CCCCCCc1ccc(-c2ccc(CCCCCP(=O)(O)O)cc2-c2ccccc2)cn1. The number of hydrogen-bond donors (Lipinski definition) is 2. The van der Waals surface area contributed by atoms with E-state index in [0.29, 0.717) is 6.42 Å². The molecule has 0 fully saturated rings. The van der Waals surface area contributed by atoms with Gasteiger partial charge < -0.3 is 9.79 Å². The van der Waals surface area contributed by atoms with E-state index in [1.54, 1.807) is 0 Å². The zero-order valence-corrected chi connectivity index (χ0v) is 20.5. The van der Waals surface area contributed by atoms with Crippen LogP contribution in [0.3, 0.4) is 0 Å². The highest BCUT2D eigenvalue weighted by atomic mass is 31.2. The maximum atomic E-state index is 11.0. The standard InChI is InChI=1S/C28H36NO3P/c1-2-3-4-10-15-26-18-17-25(22-29-26)27-19-16-23(12-7-6-11-20-33(30,31)32)21-28(27)24-13-8-5-9-14-24/h5,8-9,13-14,16-19,21-22H,2-4,6-7,10-12,15,20H2,1H3,(H2,30,31,32). The fourth-order valence-corrected chi connectivity index (χ4v) is 4.78. The molecule has 0 aliphatic heterocycles. The van der Waals surface area contributed by atoms with Gasteiger partial charge in [0.15, 0.2) is 0 Å². The first-order valence-corrected chi connectivity index (χ1v) is 13.9. The van der Waals surface area contributed by atoms with Gasteiger partial charge in [-0.2, -0.15) is 0 Å². The van der Waals surface area contributed by atoms with E-state index in [1.165, 1.54) is 47.9 Å². The average Bonchev–Trinajstić information content (AvgIpc) is 2.82. The summed E-state index contributed by atoms with van der Waals surface area (Å²) in [5.41, 5.74) is 7.08. The molecule has 0 aliphatic rings. The minimum atomic E-state index is -3.89. The third-order valence-electron chi connectivity index (χ3n) is 6.01. The van der Waals surface area contributed by atoms with Crippen molar-refractivity contribution in [2.45, 2.75) is 64.7 Å². The zero-order valence-electron chi connectivity index (χ0n) is 19.6. The molecule has 176 valence electrons. The highest BCUT2D eigenvalue weighted by molar-refractivity contribution is 7.51. The molecule has 0 amide bonds. The van der Waals surface area contributed by atoms with Crippen molar-refractivity contribution in [3.05, 3.63) is 78.1 Å². The summed E-state index contributed by atoms with van der Waals surface area (Å²) in [4.78, 5) is 22.8. The Bertz CT molecular complexity index is 1030. The van der Waals surface area contributed by atoms with Crippen molar-refractivity contribution in [1.29, 1.82) is 0 Å². The average molecular weight is 466 g/mol. The smallest absolute Gasteiger partial charge is 0.324 e. The molecule has 0 aliphatic carbocycles. The van der Waals surface area contributed by atoms with E-state index in [4.69, 9.17) is 14.8 Å². The minimum Gasteiger partial charge on any atom is -0.324 e. The summed E-state index contributed by atoms with van der Waals surface area (Å²) < 4.78 is 11.0. The Morgan fingerprint density at radius 2 is 1.52 bits per heavy atom. The molecule has 0 unspecified atom stereocenters. The fraction of sp³-hybridized carbons (Fsp3) is 0.393. The largest absolute Gasteiger partial charge is 0.325 e. The van der Waals surface area contributed by atoms with Gasteiger partial charge in [-0.1, -0.05) is 87.2 Å². The molecule has 1 aromatic heterocycles. The molecule has 0 bridgehead atoms. The lowest BCUT2D eigenvalue weighted by atomic mass is 9.92. The maximum Gasteiger partial charge on any atom is 0.325 e. The lowest BCUT2D eigenvalue weighted by Gasteiger charge is -2.13. The highest BCUT2D eigenvalue weighted by Crippen LogP contribution is 2.36. The predicted molar refractivity (Wildman–Crippen MR) is 137 cm³/mol. The van der Waals surface area contributed by atoms with Crippen LogP contribution in [0.5, 0.6) is 0 Å². The molecule has 3 rings (SSSR count). The molecule has 3 aromatic rings. The number of benzene rings is 2. The number of hydrogen-bond acceptors (Lipinski definition) is 2. The molecule has 0 radical (unpaired) electrons. The summed E-state index contributed by atoms with van der Waals surface area (Å²) in [6.07, 6.45) is 11.2. The predicted octanol–water partition coefficient (Wildman–Crippen LogP) is 7.43. The van der Waals surface area contributed by atoms with Gasteiger partial charge in [0.05, 0.1) is 0 Å². The summed E-state index contributed by atoms with van der Waals surface area (Å²) in [6.45, 7) is 2.23. The third kappa shape index (κ3) is 8.55. The van der Waals surface area contributed by atoms with Crippen molar-refractivity contribution in [3.63, 3.8) is 0 Å². The summed E-state index contributed by atoms with van der Waals surface area (Å²) >= 11 is 0. The summed E-state index contributed by atoms with van der Waals surface area (Å²) in [5.74, 6) is 0. The van der Waals surface area contributed by atoms with Crippen LogP contribution in [0.25, 0.3) is 22.3 Å². The molecule has 2 N–H and O–H groups in total. The first-order chi connectivity index (χ1) is 16.0. The molecule has 33 heavy (non-hydrogen) atoms. The van der Waals surface area contributed by atoms with Crippen molar-refractivity contribution in [3.8, 4) is 22.3 Å². The fourth-order valence-electron chi connectivity index (χ4n) is 4.14. The monoisotopic (exact) mass is 465 g/mol. The molecule has 0 atom stereocenters. The van der Waals surface area contributed by atoms with Gasteiger partial charge in [0.2, 0.25) is 0 Å². The van der Waals surface area contributed by atoms with Crippen molar-refractivity contribution >= 4 is 7.60 Å². The van der Waals surface area contributed by atoms with Crippen LogP contribution in [0.4, 0.5) is 0 Å². The van der Waals surface area contributed by atoms with E-state index in [1.807, 2.05) is 12.3 Å². The van der Waals surface area contributed by atoms with Gasteiger partial charge in [0, 0.05) is 23.6 Å². The van der Waals surface area contributed by atoms with Crippen molar-refractivity contribution in [2.75, 3.05) is 6.16 Å². The van der Waals surface area contributed by atoms with E-state index in [0.717, 1.165) is 36.9 Å². The van der Waals surface area contributed by atoms with E-state index in [9.17, 15) is 4.57 Å². The maximum absolute atomic E-state index is 11.0. The summed E-state index contributed by atoms with van der Waals surface area (Å²) in [7, 11) is -3.89. The normalized spacial score (nSPS) is 11.6. The lowest BCUT2D eigenvalue weighted by molar-refractivity contribution is 0.371. The lowest BCUT2D eigenvalue weighted by Crippen LogP contribution is -1.94. The summed E-state index contributed by atoms with van der Waals surface area (Å²) in [5, 5.41) is 0. The van der Waals surface area contributed by atoms with Gasteiger partial charge >= 0.3 is 7.60 Å². The highest BCUT2D eigenvalue weighted by Gasteiger charge is 2.12. The second kappa shape index (κ2) is 12.8. The van der Waals surface area contributed by atoms with Crippen LogP contribution in [-0.4, -0.2) is 20.9 Å². The molecule has 5 heteroatoms. The van der Waals surface area contributed by atoms with Crippen molar-refractivity contribution < 1.29 is 14.4 Å². The van der Waals surface area contributed by atoms with Gasteiger partial charge in [0.1, 0.15) is 0 Å². The Balaban J connectivity index is 1.74. The molecule has 1 heterocycles. The van der Waals surface area contributed by atoms with Gasteiger partial charge in [-0.15, -0.1) is 0 Å². The van der Waals surface area contributed by atoms with Gasteiger partial charge in [-0.25, -0.2) is 0 Å². The molecule has 0 saturated heterocycles. The van der Waals surface area contributed by atoms with Gasteiger partial charge in [0.25, 0.3) is 0 Å². The quantitative estimate of drug-likeness (QED) is 0.203. The van der Waals surface area contributed by atoms with Crippen LogP contribution in [-0.2, 0) is 17.4 Å². The van der Waals surface area contributed by atoms with E-state index in [-0.39, 0.29) is 6.16 Å². The third-order valence-corrected chi connectivity index (χ3v) is 6.90. The van der Waals surface area contributed by atoms with Crippen LogP contribution in [0.1, 0.15) is 63.1 Å². The van der Waals surface area contributed by atoms with Crippen LogP contribution < -0.4 is 0 Å². The molecule has 2 aromatic carbocycles. The van der Waals surface area contributed by atoms with Crippen LogP contribution in [0, 0.1) is 0 Å². The minimum absolute atomic E-state index is 0.0250. The van der Waals surface area contributed by atoms with Crippen molar-refractivity contribution in [2.24, 2.45) is 0 Å². The first kappa shape index (κ1) is 25.4. The second-order valence-electron chi connectivity index (χ2n) is 8.79. The van der Waals surface area contributed by atoms with Crippen LogP contribution in [0.15, 0.2) is 66.9 Å². The molecular formula is C28H36NO3P. The zero-order chi connectivity index (χ0) is 23.5. The Kier molecular flexibility index (Phi) is 9.87. The Morgan fingerprint density at radius 3 is 2.21 bits per heavy atom. The summed E-state index contributed by atoms with van der Waals surface area (Å²) in [6, 6.07) is 21.4. The Labute approximate surface area is 198 Å². The topological polar surface area (TPSA) is 70.4 Å². The molecule has 0 saturated carbocycles. The van der Waals surface area contributed by atoms with Crippen LogP contribution in [0.2, 0.25) is 0 Å². The first-order valence-electron chi connectivity index (χ1n) is 12.1. The van der Waals surface area contributed by atoms with Crippen LogP contribution >= 0.6 is 7.60 Å². The number of rotatable bonds is 13. The number of aryl methyl sites for hydroxylation is 2. The number of unbranched alkanes of at least 4 members (excludes halogenated alkanes) is 5. The van der Waals surface area contributed by atoms with E-state index < -0.39 is 7.60 Å². The van der Waals surface area contributed by atoms with Crippen molar-refractivity contribution in [1.82, 2.24) is 4.98 Å². The second-order valence-corrected chi connectivity index (χ2v) is 10.6. The number of aromatic nitrogens is 1. The van der Waals surface area contributed by atoms with Gasteiger partial charge in [-0.05, 0) is 60.4 Å².